The van der Waals surface area contributed by atoms with Gasteiger partial charge in [-0.1, -0.05) is 0 Å². The van der Waals surface area contributed by atoms with Crippen LogP contribution in [0.1, 0.15) is 6.42 Å². The molecule has 0 aromatic rings. The first-order chi connectivity index (χ1) is 5.65. The summed E-state index contributed by atoms with van der Waals surface area (Å²) in [6, 6.07) is 0. The van der Waals surface area contributed by atoms with Crippen LogP contribution in [-0.2, 0) is 4.79 Å². The highest BCUT2D eigenvalue weighted by Gasteiger charge is 2.53. The Morgan fingerprint density at radius 3 is 2.25 bits per heavy atom. The second-order valence-corrected chi connectivity index (χ2v) is 3.85. The van der Waals surface area contributed by atoms with Crippen LogP contribution in [0.5, 0.6) is 0 Å². The molecule has 0 amide bonds. The minimum atomic E-state index is -0.652. The van der Waals surface area contributed by atoms with E-state index in [4.69, 9.17) is 5.11 Å². The third-order valence-corrected chi connectivity index (χ3v) is 2.92. The molecule has 0 atom stereocenters. The Balaban J connectivity index is 2.07. The number of hydrogen-bond acceptors (Lipinski definition) is 3. The van der Waals surface area contributed by atoms with E-state index in [0.29, 0.717) is 13.1 Å². The highest BCUT2D eigenvalue weighted by molar-refractivity contribution is 5.81. The van der Waals surface area contributed by atoms with E-state index in [1.54, 1.807) is 0 Å². The van der Waals surface area contributed by atoms with Crippen LogP contribution in [0.15, 0.2) is 0 Å². The summed E-state index contributed by atoms with van der Waals surface area (Å²) in [6.07, 6.45) is 1.15. The van der Waals surface area contributed by atoms with Gasteiger partial charge in [-0.25, -0.2) is 0 Å². The van der Waals surface area contributed by atoms with Crippen LogP contribution in [0, 0.1) is 0 Å². The lowest BCUT2D eigenvalue weighted by Crippen LogP contribution is -2.75. The van der Waals surface area contributed by atoms with Gasteiger partial charge in [-0.2, -0.15) is 0 Å². The molecule has 0 aliphatic carbocycles. The zero-order valence-corrected chi connectivity index (χ0v) is 7.29. The summed E-state index contributed by atoms with van der Waals surface area (Å²) < 4.78 is 0. The van der Waals surface area contributed by atoms with Crippen molar-refractivity contribution in [1.82, 2.24) is 9.80 Å². The first kappa shape index (κ1) is 8.01. The fourth-order valence-electron chi connectivity index (χ4n) is 2.06. The molecular formula is C8H14N2O2. The van der Waals surface area contributed by atoms with Crippen molar-refractivity contribution in [3.05, 3.63) is 0 Å². The number of likely N-dealkylation sites (N-methyl/N-ethyl adjacent to an activating group) is 1. The maximum absolute atomic E-state index is 11.0. The van der Waals surface area contributed by atoms with E-state index in [9.17, 15) is 4.79 Å². The molecule has 0 unspecified atom stereocenters. The predicted molar refractivity (Wildman–Crippen MR) is 44.1 cm³/mol. The zero-order chi connectivity index (χ0) is 8.77. The summed E-state index contributed by atoms with van der Waals surface area (Å²) in [4.78, 5) is 15.1. The molecule has 0 aromatic heterocycles. The molecule has 2 rings (SSSR count). The Bertz CT molecular complexity index is 207. The van der Waals surface area contributed by atoms with Crippen LogP contribution in [0.4, 0.5) is 0 Å². The van der Waals surface area contributed by atoms with Crippen molar-refractivity contribution in [2.24, 2.45) is 0 Å². The van der Waals surface area contributed by atoms with Gasteiger partial charge in [0.1, 0.15) is 5.54 Å². The minimum Gasteiger partial charge on any atom is -0.480 e. The minimum absolute atomic E-state index is 0.535. The Morgan fingerprint density at radius 2 is 2.00 bits per heavy atom. The number of rotatable bonds is 2. The van der Waals surface area contributed by atoms with Crippen LogP contribution in [0.25, 0.3) is 0 Å². The van der Waals surface area contributed by atoms with E-state index in [-0.39, 0.29) is 0 Å². The number of carboxylic acid groups (broad SMARTS) is 1. The molecule has 12 heavy (non-hydrogen) atoms. The van der Waals surface area contributed by atoms with Crippen molar-refractivity contribution in [2.75, 3.05) is 33.2 Å². The molecule has 4 heteroatoms. The van der Waals surface area contributed by atoms with Gasteiger partial charge in [-0.3, -0.25) is 9.69 Å². The molecule has 0 radical (unpaired) electrons. The second-order valence-electron chi connectivity index (χ2n) is 3.85. The second kappa shape index (κ2) is 2.44. The van der Waals surface area contributed by atoms with Crippen LogP contribution in [0.2, 0.25) is 0 Å². The molecule has 0 saturated carbocycles. The maximum Gasteiger partial charge on any atom is 0.326 e. The SMILES string of the molecule is CN1CC(C(=O)O)(N2CCC2)C1. The average Bonchev–Trinajstić information content (AvgIpc) is 1.78. The van der Waals surface area contributed by atoms with Gasteiger partial charge in [0.2, 0.25) is 0 Å². The van der Waals surface area contributed by atoms with Crippen molar-refractivity contribution in [1.29, 1.82) is 0 Å². The average molecular weight is 170 g/mol. The molecule has 2 saturated heterocycles. The first-order valence-corrected chi connectivity index (χ1v) is 4.32. The Morgan fingerprint density at radius 1 is 1.42 bits per heavy atom. The number of carbonyl (C=O) groups is 1. The molecule has 68 valence electrons. The van der Waals surface area contributed by atoms with Gasteiger partial charge in [0.25, 0.3) is 0 Å². The summed E-state index contributed by atoms with van der Waals surface area (Å²) >= 11 is 0. The Labute approximate surface area is 71.8 Å². The lowest BCUT2D eigenvalue weighted by Gasteiger charge is -2.55. The number of likely N-dealkylation sites (tertiary alicyclic amines) is 2. The van der Waals surface area contributed by atoms with Gasteiger partial charge in [-0.15, -0.1) is 0 Å². The van der Waals surface area contributed by atoms with Gasteiger partial charge in [0.05, 0.1) is 0 Å². The van der Waals surface area contributed by atoms with E-state index in [1.165, 1.54) is 0 Å². The molecule has 2 aliphatic heterocycles. The zero-order valence-electron chi connectivity index (χ0n) is 7.29. The van der Waals surface area contributed by atoms with E-state index in [0.717, 1.165) is 19.5 Å². The largest absolute Gasteiger partial charge is 0.480 e. The molecule has 4 nitrogen and oxygen atoms in total. The monoisotopic (exact) mass is 170 g/mol. The molecule has 1 N–H and O–H groups in total. The summed E-state index contributed by atoms with van der Waals surface area (Å²) in [5.74, 6) is -0.652. The van der Waals surface area contributed by atoms with Gasteiger partial charge < -0.3 is 10.0 Å². The lowest BCUT2D eigenvalue weighted by atomic mass is 9.86. The summed E-state index contributed by atoms with van der Waals surface area (Å²) in [5.41, 5.74) is -0.535. The highest BCUT2D eigenvalue weighted by atomic mass is 16.4. The number of carboxylic acids is 1. The molecular weight excluding hydrogens is 156 g/mol. The molecule has 2 heterocycles. The molecule has 2 aliphatic rings. The van der Waals surface area contributed by atoms with Gasteiger partial charge >= 0.3 is 5.97 Å². The normalized spacial score (nSPS) is 29.1. The Hall–Kier alpha value is -0.610. The maximum atomic E-state index is 11.0. The molecule has 0 bridgehead atoms. The molecule has 0 aromatic carbocycles. The van der Waals surface area contributed by atoms with Crippen molar-refractivity contribution < 1.29 is 9.90 Å². The quantitative estimate of drug-likeness (QED) is 0.604. The van der Waals surface area contributed by atoms with Crippen LogP contribution in [0.3, 0.4) is 0 Å². The van der Waals surface area contributed by atoms with Gasteiger partial charge in [0.15, 0.2) is 0 Å². The van der Waals surface area contributed by atoms with E-state index < -0.39 is 11.5 Å². The number of hydrogen-bond donors (Lipinski definition) is 1. The predicted octanol–water partition coefficient (Wildman–Crippen LogP) is -0.539. The number of nitrogens with zero attached hydrogens (tertiary/aromatic N) is 2. The van der Waals surface area contributed by atoms with Gasteiger partial charge in [0, 0.05) is 26.2 Å². The smallest absolute Gasteiger partial charge is 0.326 e. The van der Waals surface area contributed by atoms with Gasteiger partial charge in [-0.05, 0) is 13.5 Å². The van der Waals surface area contributed by atoms with Crippen molar-refractivity contribution >= 4 is 5.97 Å². The Kier molecular flexibility index (Phi) is 1.63. The highest BCUT2D eigenvalue weighted by Crippen LogP contribution is 2.30. The lowest BCUT2D eigenvalue weighted by molar-refractivity contribution is -0.169. The van der Waals surface area contributed by atoms with E-state index in [1.807, 2.05) is 11.9 Å². The summed E-state index contributed by atoms with van der Waals surface area (Å²) in [5, 5.41) is 9.07. The van der Waals surface area contributed by atoms with Crippen LogP contribution in [-0.4, -0.2) is 59.6 Å². The van der Waals surface area contributed by atoms with E-state index >= 15 is 0 Å². The van der Waals surface area contributed by atoms with Crippen LogP contribution >= 0.6 is 0 Å². The first-order valence-electron chi connectivity index (χ1n) is 4.32. The van der Waals surface area contributed by atoms with Crippen molar-refractivity contribution in [3.63, 3.8) is 0 Å². The standard InChI is InChI=1S/C8H14N2O2/c1-9-5-8(6-9,7(11)12)10-3-2-4-10/h2-6H2,1H3,(H,11,12). The topological polar surface area (TPSA) is 43.8 Å². The fraction of sp³-hybridized carbons (Fsp3) is 0.875. The fourth-order valence-corrected chi connectivity index (χ4v) is 2.06. The summed E-state index contributed by atoms with van der Waals surface area (Å²) in [7, 11) is 1.96. The van der Waals surface area contributed by atoms with Crippen molar-refractivity contribution in [3.8, 4) is 0 Å². The van der Waals surface area contributed by atoms with Crippen LogP contribution < -0.4 is 0 Å². The van der Waals surface area contributed by atoms with E-state index in [2.05, 4.69) is 4.90 Å². The third kappa shape index (κ3) is 0.881. The molecule has 0 spiro atoms. The van der Waals surface area contributed by atoms with Crippen molar-refractivity contribution in [2.45, 2.75) is 12.0 Å². The number of aliphatic carboxylic acids is 1. The third-order valence-electron chi connectivity index (χ3n) is 2.92. The summed E-state index contributed by atoms with van der Waals surface area (Å²) in [6.45, 7) is 3.28. The molecule has 2 fully saturated rings.